The number of hydrogen-bond donors (Lipinski definition) is 2. The molecule has 2 heteroatoms. The van der Waals surface area contributed by atoms with Gasteiger partial charge in [-0.2, -0.15) is 0 Å². The summed E-state index contributed by atoms with van der Waals surface area (Å²) >= 11 is 0. The van der Waals surface area contributed by atoms with Gasteiger partial charge in [0.25, 0.3) is 0 Å². The molecular formula is C9H20O2. The predicted molar refractivity (Wildman–Crippen MR) is 46.4 cm³/mol. The number of hydrogen-bond acceptors (Lipinski definition) is 2. The van der Waals surface area contributed by atoms with Crippen LogP contribution in [0.25, 0.3) is 0 Å². The Morgan fingerprint density at radius 1 is 0.636 bits per heavy atom. The first-order valence-corrected chi connectivity index (χ1v) is 3.95. The van der Waals surface area contributed by atoms with Crippen molar-refractivity contribution in [3.63, 3.8) is 0 Å². The Kier molecular flexibility index (Phi) is 2.44. The molecule has 0 saturated heterocycles. The minimum Gasteiger partial charge on any atom is -0.390 e. The van der Waals surface area contributed by atoms with Crippen LogP contribution >= 0.6 is 0 Å². The summed E-state index contributed by atoms with van der Waals surface area (Å²) in [6.45, 7) is 10.6. The maximum absolute atomic E-state index is 9.72. The molecule has 0 amide bonds. The van der Waals surface area contributed by atoms with E-state index in [9.17, 15) is 10.2 Å². The van der Waals surface area contributed by atoms with E-state index < -0.39 is 16.6 Å². The minimum atomic E-state index is -0.870. The Bertz CT molecular complexity index is 119. The van der Waals surface area contributed by atoms with Gasteiger partial charge in [-0.25, -0.2) is 0 Å². The molecule has 0 rings (SSSR count). The molecule has 0 fully saturated rings. The first-order valence-electron chi connectivity index (χ1n) is 3.95. The maximum atomic E-state index is 9.72. The van der Waals surface area contributed by atoms with Gasteiger partial charge in [0.1, 0.15) is 0 Å². The van der Waals surface area contributed by atoms with E-state index >= 15 is 0 Å². The van der Waals surface area contributed by atoms with Crippen molar-refractivity contribution >= 4 is 0 Å². The molecule has 68 valence electrons. The Hall–Kier alpha value is -0.0800. The van der Waals surface area contributed by atoms with Gasteiger partial charge in [-0.05, 0) is 27.7 Å². The van der Waals surface area contributed by atoms with Gasteiger partial charge in [-0.15, -0.1) is 0 Å². The van der Waals surface area contributed by atoms with Crippen LogP contribution in [0, 0.1) is 5.41 Å². The predicted octanol–water partition coefficient (Wildman–Crippen LogP) is 1.55. The second-order valence-electron chi connectivity index (χ2n) is 4.74. The second kappa shape index (κ2) is 2.46. The van der Waals surface area contributed by atoms with Gasteiger partial charge in [0, 0.05) is 5.41 Å². The van der Waals surface area contributed by atoms with Crippen molar-refractivity contribution in [3.8, 4) is 0 Å². The van der Waals surface area contributed by atoms with Crippen LogP contribution in [0.2, 0.25) is 0 Å². The fourth-order valence-corrected chi connectivity index (χ4v) is 0.749. The van der Waals surface area contributed by atoms with E-state index in [1.54, 1.807) is 27.7 Å². The van der Waals surface area contributed by atoms with Crippen LogP contribution in [0.15, 0.2) is 0 Å². The molecule has 0 atom stereocenters. The fourth-order valence-electron chi connectivity index (χ4n) is 0.749. The van der Waals surface area contributed by atoms with Crippen LogP contribution in [0.1, 0.15) is 41.5 Å². The normalized spacial score (nSPS) is 15.3. The van der Waals surface area contributed by atoms with Gasteiger partial charge in [0.15, 0.2) is 0 Å². The van der Waals surface area contributed by atoms with Gasteiger partial charge in [-0.3, -0.25) is 0 Å². The van der Waals surface area contributed by atoms with Crippen LogP contribution in [0.5, 0.6) is 0 Å². The van der Waals surface area contributed by atoms with Gasteiger partial charge in [-0.1, -0.05) is 13.8 Å². The highest BCUT2D eigenvalue weighted by Crippen LogP contribution is 2.40. The van der Waals surface area contributed by atoms with Crippen molar-refractivity contribution in [1.82, 2.24) is 0 Å². The van der Waals surface area contributed by atoms with E-state index in [0.717, 1.165) is 0 Å². The van der Waals surface area contributed by atoms with Crippen molar-refractivity contribution < 1.29 is 10.2 Å². The summed E-state index contributed by atoms with van der Waals surface area (Å²) in [6, 6.07) is 0. The average molecular weight is 160 g/mol. The molecule has 0 unspecified atom stereocenters. The SMILES string of the molecule is CC(C)(O)C(C)(C)C(C)(C)O. The Morgan fingerprint density at radius 2 is 0.818 bits per heavy atom. The van der Waals surface area contributed by atoms with Crippen LogP contribution in [0.4, 0.5) is 0 Å². The molecule has 2 nitrogen and oxygen atoms in total. The molecule has 11 heavy (non-hydrogen) atoms. The summed E-state index contributed by atoms with van der Waals surface area (Å²) in [6.07, 6.45) is 0. The topological polar surface area (TPSA) is 40.5 Å². The zero-order valence-electron chi connectivity index (χ0n) is 8.39. The first kappa shape index (κ1) is 10.9. The third kappa shape index (κ3) is 1.94. The van der Waals surface area contributed by atoms with Crippen molar-refractivity contribution in [2.45, 2.75) is 52.7 Å². The quantitative estimate of drug-likeness (QED) is 0.643. The summed E-state index contributed by atoms with van der Waals surface area (Å²) in [5, 5.41) is 19.4. The van der Waals surface area contributed by atoms with E-state index in [4.69, 9.17) is 0 Å². The van der Waals surface area contributed by atoms with E-state index in [0.29, 0.717) is 0 Å². The molecule has 0 aromatic heterocycles. The van der Waals surface area contributed by atoms with E-state index in [-0.39, 0.29) is 0 Å². The van der Waals surface area contributed by atoms with Crippen LogP contribution < -0.4 is 0 Å². The average Bonchev–Trinajstić information content (AvgIpc) is 1.58. The molecule has 0 bridgehead atoms. The lowest BCUT2D eigenvalue weighted by Gasteiger charge is -2.46. The fraction of sp³-hybridized carbons (Fsp3) is 1.00. The smallest absolute Gasteiger partial charge is 0.0669 e. The van der Waals surface area contributed by atoms with Crippen molar-refractivity contribution in [2.24, 2.45) is 5.41 Å². The third-order valence-electron chi connectivity index (χ3n) is 3.06. The summed E-state index contributed by atoms with van der Waals surface area (Å²) < 4.78 is 0. The Morgan fingerprint density at radius 3 is 0.818 bits per heavy atom. The molecule has 0 aliphatic heterocycles. The summed E-state index contributed by atoms with van der Waals surface area (Å²) in [7, 11) is 0. The lowest BCUT2D eigenvalue weighted by molar-refractivity contribution is -0.146. The Labute approximate surface area is 69.2 Å². The van der Waals surface area contributed by atoms with Crippen LogP contribution in [-0.4, -0.2) is 21.4 Å². The molecule has 0 aliphatic carbocycles. The molecule has 0 heterocycles. The summed E-state index contributed by atoms with van der Waals surface area (Å²) in [4.78, 5) is 0. The lowest BCUT2D eigenvalue weighted by atomic mass is 9.67. The highest BCUT2D eigenvalue weighted by Gasteiger charge is 2.46. The van der Waals surface area contributed by atoms with Gasteiger partial charge >= 0.3 is 0 Å². The molecule has 0 aromatic carbocycles. The van der Waals surface area contributed by atoms with Crippen molar-refractivity contribution in [2.75, 3.05) is 0 Å². The first-order chi connectivity index (χ1) is 4.50. The molecule has 0 aromatic rings. The van der Waals surface area contributed by atoms with Crippen molar-refractivity contribution in [1.29, 1.82) is 0 Å². The van der Waals surface area contributed by atoms with Crippen LogP contribution in [-0.2, 0) is 0 Å². The number of aliphatic hydroxyl groups is 2. The zero-order chi connectivity index (χ0) is 9.50. The molecule has 0 aliphatic rings. The highest BCUT2D eigenvalue weighted by molar-refractivity contribution is 4.96. The van der Waals surface area contributed by atoms with E-state index in [2.05, 4.69) is 0 Å². The van der Waals surface area contributed by atoms with Gasteiger partial charge in [0.05, 0.1) is 11.2 Å². The van der Waals surface area contributed by atoms with Gasteiger partial charge < -0.3 is 10.2 Å². The Balaban J connectivity index is 4.75. The standard InChI is InChI=1S/C9H20O2/c1-7(2,8(3,4)10)9(5,6)11/h10-11H,1-6H3. The zero-order valence-corrected chi connectivity index (χ0v) is 8.39. The minimum absolute atomic E-state index is 0.514. The largest absolute Gasteiger partial charge is 0.390 e. The molecule has 0 spiro atoms. The van der Waals surface area contributed by atoms with E-state index in [1.807, 2.05) is 13.8 Å². The van der Waals surface area contributed by atoms with Gasteiger partial charge in [0.2, 0.25) is 0 Å². The monoisotopic (exact) mass is 160 g/mol. The molecule has 0 radical (unpaired) electrons. The second-order valence-corrected chi connectivity index (χ2v) is 4.74. The summed E-state index contributed by atoms with van der Waals surface area (Å²) in [5.74, 6) is 0. The molecule has 0 saturated carbocycles. The molecule has 2 N–H and O–H groups in total. The third-order valence-corrected chi connectivity index (χ3v) is 3.06. The number of rotatable bonds is 2. The highest BCUT2D eigenvalue weighted by atomic mass is 16.3. The lowest BCUT2D eigenvalue weighted by Crippen LogP contribution is -2.52. The maximum Gasteiger partial charge on any atom is 0.0669 e. The van der Waals surface area contributed by atoms with Crippen molar-refractivity contribution in [3.05, 3.63) is 0 Å². The summed E-state index contributed by atoms with van der Waals surface area (Å²) in [5.41, 5.74) is -2.25. The van der Waals surface area contributed by atoms with E-state index in [1.165, 1.54) is 0 Å². The molecular weight excluding hydrogens is 140 g/mol. The van der Waals surface area contributed by atoms with Crippen LogP contribution in [0.3, 0.4) is 0 Å².